The number of carbonyl (C=O) groups is 3. The van der Waals surface area contributed by atoms with Crippen LogP contribution in [0.5, 0.6) is 0 Å². The van der Waals surface area contributed by atoms with Crippen LogP contribution in [0.3, 0.4) is 0 Å². The molecule has 0 fully saturated rings. The molecule has 32 heavy (non-hydrogen) atoms. The zero-order valence-corrected chi connectivity index (χ0v) is 17.5. The summed E-state index contributed by atoms with van der Waals surface area (Å²) in [5.74, 6) is -1.69. The van der Waals surface area contributed by atoms with Gasteiger partial charge in [0.05, 0.1) is 12.1 Å². The quantitative estimate of drug-likeness (QED) is 0.168. The standard InChI is InChI=1S/C20H28N6O6/c21-19(22)23-8-4-7-14-9-15(32-26-14)10-17(27)24-11-16(18(28)29)25-20(30)31-12-13-5-2-1-3-6-13/h1-3,5-6,15-16H,4,7-12H2,(H,24,27)(H,25,30)(H,28,29)(H4,21,22,23)/t15?,16-/m0/s1. The predicted molar refractivity (Wildman–Crippen MR) is 116 cm³/mol. The van der Waals surface area contributed by atoms with E-state index >= 15 is 0 Å². The monoisotopic (exact) mass is 448 g/mol. The van der Waals surface area contributed by atoms with Crippen LogP contribution < -0.4 is 22.1 Å². The molecule has 2 amide bonds. The van der Waals surface area contributed by atoms with Gasteiger partial charge in [0.2, 0.25) is 5.91 Å². The lowest BCUT2D eigenvalue weighted by Gasteiger charge is -2.16. The number of benzene rings is 1. The summed E-state index contributed by atoms with van der Waals surface area (Å²) in [4.78, 5) is 44.5. The highest BCUT2D eigenvalue weighted by atomic mass is 16.6. The molecule has 1 aromatic rings. The van der Waals surface area contributed by atoms with E-state index < -0.39 is 30.1 Å². The molecule has 174 valence electrons. The van der Waals surface area contributed by atoms with Crippen LogP contribution in [-0.2, 0) is 25.8 Å². The predicted octanol–water partition coefficient (Wildman–Crippen LogP) is 0.0708. The van der Waals surface area contributed by atoms with Crippen molar-refractivity contribution in [2.45, 2.75) is 44.4 Å². The maximum Gasteiger partial charge on any atom is 0.408 e. The van der Waals surface area contributed by atoms with E-state index in [0.29, 0.717) is 25.8 Å². The van der Waals surface area contributed by atoms with E-state index in [4.69, 9.17) is 21.0 Å². The van der Waals surface area contributed by atoms with Gasteiger partial charge in [-0.2, -0.15) is 0 Å². The van der Waals surface area contributed by atoms with Gasteiger partial charge in [0.25, 0.3) is 0 Å². The molecule has 0 spiro atoms. The Bertz CT molecular complexity index is 840. The number of aliphatic imine (C=N–C) groups is 1. The minimum Gasteiger partial charge on any atom is -0.480 e. The van der Waals surface area contributed by atoms with Crippen LogP contribution in [0.4, 0.5) is 4.79 Å². The minimum atomic E-state index is -1.34. The molecule has 1 aromatic carbocycles. The van der Waals surface area contributed by atoms with Gasteiger partial charge < -0.3 is 36.8 Å². The smallest absolute Gasteiger partial charge is 0.408 e. The second-order valence-corrected chi connectivity index (χ2v) is 7.10. The summed E-state index contributed by atoms with van der Waals surface area (Å²) in [7, 11) is 0. The van der Waals surface area contributed by atoms with Crippen molar-refractivity contribution in [1.29, 1.82) is 0 Å². The highest BCUT2D eigenvalue weighted by Gasteiger charge is 2.25. The average Bonchev–Trinajstić information content (AvgIpc) is 3.20. The number of amides is 2. The highest BCUT2D eigenvalue weighted by Crippen LogP contribution is 2.16. The topological polar surface area (TPSA) is 191 Å². The van der Waals surface area contributed by atoms with Gasteiger partial charge in [-0.25, -0.2) is 9.59 Å². The Labute approximate surface area is 185 Å². The Kier molecular flexibility index (Phi) is 9.75. The lowest BCUT2D eigenvalue weighted by molar-refractivity contribution is -0.139. The molecular formula is C20H28N6O6. The van der Waals surface area contributed by atoms with E-state index in [9.17, 15) is 19.5 Å². The molecule has 0 bridgehead atoms. The van der Waals surface area contributed by atoms with Gasteiger partial charge in [-0.15, -0.1) is 0 Å². The van der Waals surface area contributed by atoms with Crippen molar-refractivity contribution < 1.29 is 29.1 Å². The fourth-order valence-corrected chi connectivity index (χ4v) is 2.84. The molecule has 0 aliphatic carbocycles. The Hall–Kier alpha value is -3.83. The molecule has 0 aromatic heterocycles. The number of carboxylic acid groups (broad SMARTS) is 1. The van der Waals surface area contributed by atoms with Crippen molar-refractivity contribution in [2.75, 3.05) is 13.1 Å². The number of alkyl carbamates (subject to hydrolysis) is 1. The maximum absolute atomic E-state index is 12.1. The summed E-state index contributed by atoms with van der Waals surface area (Å²) in [5.41, 5.74) is 12.1. The van der Waals surface area contributed by atoms with Gasteiger partial charge in [0.15, 0.2) is 5.96 Å². The van der Waals surface area contributed by atoms with Crippen LogP contribution in [0.15, 0.2) is 40.5 Å². The molecule has 2 atom stereocenters. The number of nitrogens with one attached hydrogen (secondary N) is 2. The number of oxime groups is 1. The Morgan fingerprint density at radius 3 is 2.72 bits per heavy atom. The molecule has 0 radical (unpaired) electrons. The molecule has 0 saturated carbocycles. The maximum atomic E-state index is 12.1. The Morgan fingerprint density at radius 2 is 2.03 bits per heavy atom. The van der Waals surface area contributed by atoms with E-state index in [1.54, 1.807) is 24.3 Å². The lowest BCUT2D eigenvalue weighted by Crippen LogP contribution is -2.48. The first-order chi connectivity index (χ1) is 15.3. The fourth-order valence-electron chi connectivity index (χ4n) is 2.84. The third-order valence-electron chi connectivity index (χ3n) is 4.43. The van der Waals surface area contributed by atoms with E-state index in [-0.39, 0.29) is 25.5 Å². The number of ether oxygens (including phenoxy) is 1. The molecule has 7 N–H and O–H groups in total. The molecule has 1 heterocycles. The first kappa shape index (κ1) is 24.4. The SMILES string of the molecule is NC(N)=NCCCC1=NOC(CC(=O)NC[C@H](NC(=O)OCc2ccccc2)C(=O)O)C1. The number of hydrogen-bond acceptors (Lipinski definition) is 7. The second-order valence-electron chi connectivity index (χ2n) is 7.10. The van der Waals surface area contributed by atoms with Crippen molar-refractivity contribution in [3.8, 4) is 0 Å². The summed E-state index contributed by atoms with van der Waals surface area (Å²) in [6.07, 6.45) is 0.512. The van der Waals surface area contributed by atoms with Crippen LogP contribution in [0.25, 0.3) is 0 Å². The summed E-state index contributed by atoms with van der Waals surface area (Å²) in [5, 5.41) is 17.9. The van der Waals surface area contributed by atoms with Crippen molar-refractivity contribution in [3.63, 3.8) is 0 Å². The number of nitrogens with zero attached hydrogens (tertiary/aromatic N) is 2. The number of carboxylic acids is 1. The first-order valence-corrected chi connectivity index (χ1v) is 10.1. The van der Waals surface area contributed by atoms with Crippen molar-refractivity contribution in [2.24, 2.45) is 21.6 Å². The molecular weight excluding hydrogens is 420 g/mol. The second kappa shape index (κ2) is 12.8. The number of guanidine groups is 1. The number of nitrogens with two attached hydrogens (primary N) is 2. The summed E-state index contributed by atoms with van der Waals surface area (Å²) in [6.45, 7) is 0.177. The van der Waals surface area contributed by atoms with Crippen LogP contribution >= 0.6 is 0 Å². The lowest BCUT2D eigenvalue weighted by atomic mass is 10.1. The first-order valence-electron chi connectivity index (χ1n) is 10.1. The average molecular weight is 448 g/mol. The van der Waals surface area contributed by atoms with E-state index in [2.05, 4.69) is 20.8 Å². The van der Waals surface area contributed by atoms with E-state index in [1.807, 2.05) is 6.07 Å². The molecule has 1 unspecified atom stereocenters. The van der Waals surface area contributed by atoms with Gasteiger partial charge >= 0.3 is 12.1 Å². The number of carbonyl (C=O) groups excluding carboxylic acids is 2. The van der Waals surface area contributed by atoms with Crippen LogP contribution in [0, 0.1) is 0 Å². The van der Waals surface area contributed by atoms with Crippen LogP contribution in [0.2, 0.25) is 0 Å². The van der Waals surface area contributed by atoms with Crippen molar-refractivity contribution in [1.82, 2.24) is 10.6 Å². The number of aliphatic carboxylic acids is 1. The molecule has 2 rings (SSSR count). The molecule has 1 aliphatic rings. The van der Waals surface area contributed by atoms with Gasteiger partial charge in [-0.3, -0.25) is 9.79 Å². The van der Waals surface area contributed by atoms with Gasteiger partial charge in [-0.1, -0.05) is 35.5 Å². The van der Waals surface area contributed by atoms with Gasteiger partial charge in [0, 0.05) is 19.5 Å². The fraction of sp³-hybridized carbons (Fsp3) is 0.450. The Morgan fingerprint density at radius 1 is 1.28 bits per heavy atom. The summed E-state index contributed by atoms with van der Waals surface area (Å²) < 4.78 is 5.01. The highest BCUT2D eigenvalue weighted by molar-refractivity contribution is 5.87. The third-order valence-corrected chi connectivity index (χ3v) is 4.43. The van der Waals surface area contributed by atoms with Gasteiger partial charge in [0.1, 0.15) is 18.8 Å². The molecule has 12 nitrogen and oxygen atoms in total. The van der Waals surface area contributed by atoms with Crippen molar-refractivity contribution in [3.05, 3.63) is 35.9 Å². The van der Waals surface area contributed by atoms with Crippen LogP contribution in [0.1, 0.15) is 31.2 Å². The molecule has 1 aliphatic heterocycles. The molecule has 12 heteroatoms. The number of hydrogen-bond donors (Lipinski definition) is 5. The van der Waals surface area contributed by atoms with E-state index in [0.717, 1.165) is 11.3 Å². The van der Waals surface area contributed by atoms with Gasteiger partial charge in [-0.05, 0) is 18.4 Å². The summed E-state index contributed by atoms with van der Waals surface area (Å²) in [6, 6.07) is 7.61. The van der Waals surface area contributed by atoms with Crippen molar-refractivity contribution >= 4 is 29.6 Å². The van der Waals surface area contributed by atoms with Crippen LogP contribution in [-0.4, -0.2) is 60.0 Å². The normalized spacial score (nSPS) is 15.6. The zero-order chi connectivity index (χ0) is 23.3. The third kappa shape index (κ3) is 9.32. The number of rotatable bonds is 12. The zero-order valence-electron chi connectivity index (χ0n) is 17.5. The van der Waals surface area contributed by atoms with E-state index in [1.165, 1.54) is 0 Å². The summed E-state index contributed by atoms with van der Waals surface area (Å²) >= 11 is 0. The minimum absolute atomic E-state index is 0.00131. The molecule has 0 saturated heterocycles. The largest absolute Gasteiger partial charge is 0.480 e. The Balaban J connectivity index is 1.67.